The molecule has 15 heavy (non-hydrogen) atoms. The molecule has 88 valence electrons. The van der Waals surface area contributed by atoms with Crippen LogP contribution in [0, 0.1) is 5.41 Å². The highest BCUT2D eigenvalue weighted by Crippen LogP contribution is 2.27. The normalized spacial score (nSPS) is 19.7. The van der Waals surface area contributed by atoms with Crippen molar-refractivity contribution in [2.24, 2.45) is 11.1 Å². The SMILES string of the molecule is CC(C)(C)[C@H](N)C(=O)NS(=O)(=O)C1CC1. The highest BCUT2D eigenvalue weighted by atomic mass is 32.2. The summed E-state index contributed by atoms with van der Waals surface area (Å²) < 4.78 is 24.9. The summed E-state index contributed by atoms with van der Waals surface area (Å²) in [5.74, 6) is -0.616. The summed E-state index contributed by atoms with van der Waals surface area (Å²) in [5.41, 5.74) is 5.20. The van der Waals surface area contributed by atoms with Crippen molar-refractivity contribution in [2.45, 2.75) is 44.9 Å². The lowest BCUT2D eigenvalue weighted by molar-refractivity contribution is -0.122. The highest BCUT2D eigenvalue weighted by molar-refractivity contribution is 7.90. The van der Waals surface area contributed by atoms with Gasteiger partial charge in [-0.25, -0.2) is 8.42 Å². The Morgan fingerprint density at radius 1 is 1.40 bits per heavy atom. The fourth-order valence-corrected chi connectivity index (χ4v) is 2.39. The van der Waals surface area contributed by atoms with E-state index in [2.05, 4.69) is 0 Å². The summed E-state index contributed by atoms with van der Waals surface area (Å²) in [6.45, 7) is 5.38. The molecule has 0 aromatic rings. The quantitative estimate of drug-likeness (QED) is 0.717. The first-order valence-electron chi connectivity index (χ1n) is 4.95. The molecule has 1 aliphatic carbocycles. The lowest BCUT2D eigenvalue weighted by atomic mass is 9.87. The largest absolute Gasteiger partial charge is 0.319 e. The van der Waals surface area contributed by atoms with Crippen LogP contribution in [0.3, 0.4) is 0 Å². The molecule has 5 nitrogen and oxygen atoms in total. The van der Waals surface area contributed by atoms with E-state index in [1.807, 2.05) is 4.72 Å². The molecule has 0 aromatic heterocycles. The molecule has 1 rings (SSSR count). The molecule has 0 unspecified atom stereocenters. The molecule has 3 N–H and O–H groups in total. The van der Waals surface area contributed by atoms with Crippen molar-refractivity contribution in [1.82, 2.24) is 4.72 Å². The number of hydrogen-bond acceptors (Lipinski definition) is 4. The Labute approximate surface area is 90.5 Å². The van der Waals surface area contributed by atoms with Crippen molar-refractivity contribution >= 4 is 15.9 Å². The van der Waals surface area contributed by atoms with E-state index in [9.17, 15) is 13.2 Å². The number of hydrogen-bond donors (Lipinski definition) is 2. The van der Waals surface area contributed by atoms with Crippen LogP contribution in [0.5, 0.6) is 0 Å². The number of carbonyl (C=O) groups excluding carboxylic acids is 1. The van der Waals surface area contributed by atoms with Gasteiger partial charge in [0, 0.05) is 0 Å². The molecule has 1 saturated carbocycles. The fourth-order valence-electron chi connectivity index (χ4n) is 1.06. The predicted octanol–water partition coefficient (Wildman–Crippen LogP) is -0.0318. The van der Waals surface area contributed by atoms with Gasteiger partial charge in [0.25, 0.3) is 5.91 Å². The number of nitrogens with two attached hydrogens (primary N) is 1. The summed E-state index contributed by atoms with van der Waals surface area (Å²) in [4.78, 5) is 11.5. The Hall–Kier alpha value is -0.620. The number of carbonyl (C=O) groups is 1. The van der Waals surface area contributed by atoms with Gasteiger partial charge in [0.1, 0.15) is 0 Å². The van der Waals surface area contributed by atoms with Gasteiger partial charge in [-0.1, -0.05) is 20.8 Å². The zero-order valence-corrected chi connectivity index (χ0v) is 10.1. The second-order valence-corrected chi connectivity index (χ2v) is 7.02. The molecule has 0 bridgehead atoms. The first kappa shape index (κ1) is 12.4. The van der Waals surface area contributed by atoms with E-state index in [0.29, 0.717) is 12.8 Å². The Bertz CT molecular complexity index is 352. The van der Waals surface area contributed by atoms with Crippen LogP contribution >= 0.6 is 0 Å². The molecular formula is C9H18N2O3S. The number of sulfonamides is 1. The van der Waals surface area contributed by atoms with Gasteiger partial charge >= 0.3 is 0 Å². The zero-order valence-electron chi connectivity index (χ0n) is 9.28. The van der Waals surface area contributed by atoms with Gasteiger partial charge in [0.15, 0.2) is 0 Å². The fraction of sp³-hybridized carbons (Fsp3) is 0.889. The second-order valence-electron chi connectivity index (χ2n) is 5.05. The number of nitrogens with one attached hydrogen (secondary N) is 1. The number of rotatable bonds is 3. The molecule has 1 aliphatic rings. The molecule has 1 fully saturated rings. The van der Waals surface area contributed by atoms with Crippen LogP contribution < -0.4 is 10.5 Å². The molecule has 1 atom stereocenters. The molecule has 6 heteroatoms. The van der Waals surface area contributed by atoms with Crippen LogP contribution in [0.15, 0.2) is 0 Å². The van der Waals surface area contributed by atoms with E-state index in [-0.39, 0.29) is 0 Å². The smallest absolute Gasteiger partial charge is 0.250 e. The molecule has 0 heterocycles. The molecule has 1 amide bonds. The lowest BCUT2D eigenvalue weighted by Gasteiger charge is -2.25. The average molecular weight is 234 g/mol. The zero-order chi connectivity index (χ0) is 11.9. The van der Waals surface area contributed by atoms with Crippen LogP contribution in [0.2, 0.25) is 0 Å². The van der Waals surface area contributed by atoms with Crippen molar-refractivity contribution in [3.8, 4) is 0 Å². The van der Waals surface area contributed by atoms with Gasteiger partial charge in [-0.05, 0) is 18.3 Å². The van der Waals surface area contributed by atoms with E-state index in [1.165, 1.54) is 0 Å². The minimum absolute atomic E-state index is 0.395. The molecule has 0 spiro atoms. The van der Waals surface area contributed by atoms with Crippen LogP contribution in [-0.2, 0) is 14.8 Å². The van der Waals surface area contributed by atoms with Crippen LogP contribution in [0.1, 0.15) is 33.6 Å². The van der Waals surface area contributed by atoms with E-state index >= 15 is 0 Å². The van der Waals surface area contributed by atoms with Crippen molar-refractivity contribution in [1.29, 1.82) is 0 Å². The van der Waals surface area contributed by atoms with Crippen molar-refractivity contribution < 1.29 is 13.2 Å². The van der Waals surface area contributed by atoms with E-state index < -0.39 is 32.6 Å². The van der Waals surface area contributed by atoms with E-state index in [1.54, 1.807) is 20.8 Å². The summed E-state index contributed by atoms with van der Waals surface area (Å²) >= 11 is 0. The van der Waals surface area contributed by atoms with Crippen LogP contribution in [-0.4, -0.2) is 25.6 Å². The van der Waals surface area contributed by atoms with Gasteiger partial charge in [0.05, 0.1) is 11.3 Å². The van der Waals surface area contributed by atoms with Gasteiger partial charge in [0.2, 0.25) is 10.0 Å². The van der Waals surface area contributed by atoms with Gasteiger partial charge in [-0.3, -0.25) is 9.52 Å². The molecular weight excluding hydrogens is 216 g/mol. The highest BCUT2D eigenvalue weighted by Gasteiger charge is 2.39. The third-order valence-electron chi connectivity index (χ3n) is 2.42. The van der Waals surface area contributed by atoms with Gasteiger partial charge < -0.3 is 5.73 Å². The van der Waals surface area contributed by atoms with E-state index in [0.717, 1.165) is 0 Å². The maximum absolute atomic E-state index is 11.5. The first-order valence-corrected chi connectivity index (χ1v) is 6.50. The van der Waals surface area contributed by atoms with E-state index in [4.69, 9.17) is 5.73 Å². The minimum atomic E-state index is -3.47. The summed E-state index contributed by atoms with van der Waals surface area (Å²) in [6, 6.07) is -0.814. The predicted molar refractivity (Wildman–Crippen MR) is 57.5 cm³/mol. The van der Waals surface area contributed by atoms with Crippen LogP contribution in [0.4, 0.5) is 0 Å². The van der Waals surface area contributed by atoms with Gasteiger partial charge in [-0.15, -0.1) is 0 Å². The Morgan fingerprint density at radius 2 is 1.87 bits per heavy atom. The Kier molecular flexibility index (Phi) is 3.11. The van der Waals surface area contributed by atoms with Crippen molar-refractivity contribution in [3.05, 3.63) is 0 Å². The standard InChI is InChI=1S/C9H18N2O3S/c1-9(2,3)7(10)8(12)11-15(13,14)6-4-5-6/h6-7H,4-5,10H2,1-3H3,(H,11,12)/t7-/m1/s1. The first-order chi connectivity index (χ1) is 6.64. The molecule has 0 saturated heterocycles. The third kappa shape index (κ3) is 3.17. The van der Waals surface area contributed by atoms with Crippen LogP contribution in [0.25, 0.3) is 0 Å². The molecule has 0 radical (unpaired) electrons. The summed E-state index contributed by atoms with van der Waals surface area (Å²) in [7, 11) is -3.47. The third-order valence-corrected chi connectivity index (χ3v) is 4.26. The summed E-state index contributed by atoms with van der Waals surface area (Å²) in [6.07, 6.45) is 1.26. The minimum Gasteiger partial charge on any atom is -0.319 e. The van der Waals surface area contributed by atoms with Gasteiger partial charge in [-0.2, -0.15) is 0 Å². The summed E-state index contributed by atoms with van der Waals surface area (Å²) in [5, 5.41) is -0.395. The molecule has 0 aliphatic heterocycles. The average Bonchev–Trinajstić information content (AvgIpc) is 2.81. The maximum atomic E-state index is 11.5. The maximum Gasteiger partial charge on any atom is 0.250 e. The second kappa shape index (κ2) is 3.75. The van der Waals surface area contributed by atoms with Crippen molar-refractivity contribution in [2.75, 3.05) is 0 Å². The molecule has 0 aromatic carbocycles. The number of amides is 1. The Morgan fingerprint density at radius 3 is 2.20 bits per heavy atom. The Balaban J connectivity index is 2.63. The lowest BCUT2D eigenvalue weighted by Crippen LogP contribution is -2.50. The monoisotopic (exact) mass is 234 g/mol. The van der Waals surface area contributed by atoms with Crippen molar-refractivity contribution in [3.63, 3.8) is 0 Å². The topological polar surface area (TPSA) is 89.3 Å².